The van der Waals surface area contributed by atoms with Gasteiger partial charge in [0.1, 0.15) is 6.17 Å². The molecule has 3 aromatic rings. The molecule has 0 amide bonds. The van der Waals surface area contributed by atoms with Crippen molar-refractivity contribution < 1.29 is 0 Å². The highest BCUT2D eigenvalue weighted by molar-refractivity contribution is 6.16. The Balaban J connectivity index is 1.75. The van der Waals surface area contributed by atoms with Crippen molar-refractivity contribution in [3.8, 4) is 0 Å². The van der Waals surface area contributed by atoms with E-state index < -0.39 is 0 Å². The molecule has 0 saturated carbocycles. The van der Waals surface area contributed by atoms with Gasteiger partial charge in [0, 0.05) is 23.4 Å². The van der Waals surface area contributed by atoms with E-state index in [2.05, 4.69) is 72.5 Å². The minimum Gasteiger partial charge on any atom is -0.363 e. The Morgan fingerprint density at radius 2 is 1.62 bits per heavy atom. The number of anilines is 1. The molecule has 1 unspecified atom stereocenters. The van der Waals surface area contributed by atoms with E-state index in [1.807, 2.05) is 18.2 Å². The van der Waals surface area contributed by atoms with Gasteiger partial charge >= 0.3 is 0 Å². The Bertz CT molecular complexity index is 914. The van der Waals surface area contributed by atoms with Gasteiger partial charge in [-0.2, -0.15) is 0 Å². The lowest BCUT2D eigenvalue weighted by molar-refractivity contribution is 0.661. The summed E-state index contributed by atoms with van der Waals surface area (Å²) in [7, 11) is 0. The molecule has 26 heavy (non-hydrogen) atoms. The number of benzodiazepines with no additional fused rings is 1. The van der Waals surface area contributed by atoms with Crippen LogP contribution in [-0.4, -0.2) is 18.4 Å². The van der Waals surface area contributed by atoms with Gasteiger partial charge in [-0.25, -0.2) is 0 Å². The van der Waals surface area contributed by atoms with E-state index in [1.54, 1.807) is 0 Å². The minimum absolute atomic E-state index is 0.261. The Hall–Kier alpha value is -2.91. The van der Waals surface area contributed by atoms with Crippen molar-refractivity contribution in [2.45, 2.75) is 19.6 Å². The molecule has 130 valence electrons. The minimum atomic E-state index is -0.261. The molecule has 1 aliphatic heterocycles. The van der Waals surface area contributed by atoms with Crippen molar-refractivity contribution in [3.05, 3.63) is 101 Å². The van der Waals surface area contributed by atoms with E-state index in [-0.39, 0.29) is 6.17 Å². The average Bonchev–Trinajstić information content (AvgIpc) is 2.81. The van der Waals surface area contributed by atoms with E-state index in [9.17, 15) is 0 Å². The van der Waals surface area contributed by atoms with Gasteiger partial charge in [-0.05, 0) is 18.6 Å². The Morgan fingerprint density at radius 3 is 2.38 bits per heavy atom. The monoisotopic (exact) mass is 341 g/mol. The van der Waals surface area contributed by atoms with Crippen LogP contribution < -0.4 is 10.6 Å². The first-order valence-electron chi connectivity index (χ1n) is 8.99. The summed E-state index contributed by atoms with van der Waals surface area (Å²) >= 11 is 0. The number of hydrogen-bond donors (Lipinski definition) is 1. The number of hydrogen-bond acceptors (Lipinski definition) is 3. The van der Waals surface area contributed by atoms with Gasteiger partial charge in [0.15, 0.2) is 0 Å². The summed E-state index contributed by atoms with van der Waals surface area (Å²) in [4.78, 5) is 7.18. The van der Waals surface area contributed by atoms with E-state index in [1.165, 1.54) is 16.8 Å². The Labute approximate surface area is 154 Å². The van der Waals surface area contributed by atoms with Crippen molar-refractivity contribution >= 4 is 11.4 Å². The topological polar surface area (TPSA) is 41.6 Å². The molecule has 3 nitrogen and oxygen atoms in total. The fourth-order valence-electron chi connectivity index (χ4n) is 3.44. The molecule has 0 fully saturated rings. The number of fused-ring (bicyclic) bond motifs is 1. The van der Waals surface area contributed by atoms with Gasteiger partial charge in [-0.15, -0.1) is 0 Å². The van der Waals surface area contributed by atoms with E-state index in [0.717, 1.165) is 23.4 Å². The van der Waals surface area contributed by atoms with Crippen molar-refractivity contribution in [2.75, 3.05) is 11.4 Å². The third-order valence-corrected chi connectivity index (χ3v) is 4.74. The molecule has 2 N–H and O–H groups in total. The van der Waals surface area contributed by atoms with Crippen LogP contribution in [0.2, 0.25) is 0 Å². The Kier molecular flexibility index (Phi) is 4.55. The lowest BCUT2D eigenvalue weighted by Crippen LogP contribution is -2.35. The maximum atomic E-state index is 6.38. The molecular weight excluding hydrogens is 318 g/mol. The van der Waals surface area contributed by atoms with Crippen molar-refractivity contribution in [3.63, 3.8) is 0 Å². The zero-order valence-corrected chi connectivity index (χ0v) is 15.0. The standard InChI is InChI=1S/C23H23N3/c1-17-11-13-18(14-12-17)15-26-16-22(24)25-23(19-7-3-2-4-8-19)20-9-5-6-10-21(20)26/h2-14,22H,15-16,24H2,1H3. The second-order valence-corrected chi connectivity index (χ2v) is 6.79. The van der Waals surface area contributed by atoms with Gasteiger partial charge in [0.25, 0.3) is 0 Å². The highest BCUT2D eigenvalue weighted by Crippen LogP contribution is 2.28. The predicted octanol–water partition coefficient (Wildman–Crippen LogP) is 4.14. The van der Waals surface area contributed by atoms with Crippen LogP contribution in [0.1, 0.15) is 22.3 Å². The molecule has 0 radical (unpaired) electrons. The SMILES string of the molecule is Cc1ccc(CN2CC(N)N=C(c3ccccc3)c3ccccc32)cc1. The summed E-state index contributed by atoms with van der Waals surface area (Å²) in [6, 6.07) is 27.4. The molecule has 3 aromatic carbocycles. The summed E-state index contributed by atoms with van der Waals surface area (Å²) < 4.78 is 0. The van der Waals surface area contributed by atoms with Crippen LogP contribution in [-0.2, 0) is 6.54 Å². The number of nitrogens with zero attached hydrogens (tertiary/aromatic N) is 2. The normalized spacial score (nSPS) is 16.6. The number of aliphatic imine (C=N–C) groups is 1. The molecule has 0 bridgehead atoms. The van der Waals surface area contributed by atoms with E-state index >= 15 is 0 Å². The molecule has 4 rings (SSSR count). The second kappa shape index (κ2) is 7.14. The van der Waals surface area contributed by atoms with Crippen LogP contribution >= 0.6 is 0 Å². The van der Waals surface area contributed by atoms with Crippen molar-refractivity contribution in [1.82, 2.24) is 0 Å². The lowest BCUT2D eigenvalue weighted by Gasteiger charge is -2.26. The first-order chi connectivity index (χ1) is 12.7. The largest absolute Gasteiger partial charge is 0.363 e. The highest BCUT2D eigenvalue weighted by atomic mass is 15.2. The summed E-state index contributed by atoms with van der Waals surface area (Å²) in [6.45, 7) is 3.63. The smallest absolute Gasteiger partial charge is 0.115 e. The zero-order chi connectivity index (χ0) is 17.9. The van der Waals surface area contributed by atoms with Crippen LogP contribution in [0.4, 0.5) is 5.69 Å². The molecule has 1 heterocycles. The summed E-state index contributed by atoms with van der Waals surface area (Å²) in [5, 5.41) is 0. The molecule has 0 aromatic heterocycles. The second-order valence-electron chi connectivity index (χ2n) is 6.79. The zero-order valence-electron chi connectivity index (χ0n) is 15.0. The first kappa shape index (κ1) is 16.6. The molecule has 3 heteroatoms. The average molecular weight is 341 g/mol. The summed E-state index contributed by atoms with van der Waals surface area (Å²) in [6.07, 6.45) is -0.261. The quantitative estimate of drug-likeness (QED) is 0.778. The lowest BCUT2D eigenvalue weighted by atomic mass is 10.00. The number of nitrogens with two attached hydrogens (primary N) is 1. The summed E-state index contributed by atoms with van der Waals surface area (Å²) in [5.41, 5.74) is 13.3. The number of para-hydroxylation sites is 1. The van der Waals surface area contributed by atoms with Crippen molar-refractivity contribution in [1.29, 1.82) is 0 Å². The van der Waals surface area contributed by atoms with Crippen LogP contribution in [0, 0.1) is 6.92 Å². The number of aryl methyl sites for hydroxylation is 1. The molecule has 1 aliphatic rings. The fraction of sp³-hybridized carbons (Fsp3) is 0.174. The molecule has 0 spiro atoms. The van der Waals surface area contributed by atoms with Crippen molar-refractivity contribution in [2.24, 2.45) is 10.7 Å². The highest BCUT2D eigenvalue weighted by Gasteiger charge is 2.22. The Morgan fingerprint density at radius 1 is 0.923 bits per heavy atom. The fourth-order valence-corrected chi connectivity index (χ4v) is 3.44. The number of benzene rings is 3. The third kappa shape index (κ3) is 3.39. The molecular formula is C23H23N3. The maximum absolute atomic E-state index is 6.38. The molecule has 0 aliphatic carbocycles. The van der Waals surface area contributed by atoms with Crippen LogP contribution in [0.3, 0.4) is 0 Å². The predicted molar refractivity (Wildman–Crippen MR) is 109 cm³/mol. The van der Waals surface area contributed by atoms with Gasteiger partial charge in [0.05, 0.1) is 12.3 Å². The van der Waals surface area contributed by atoms with Crippen LogP contribution in [0.15, 0.2) is 83.9 Å². The van der Waals surface area contributed by atoms with Gasteiger partial charge in [-0.1, -0.05) is 78.4 Å². The molecule has 1 atom stereocenters. The van der Waals surface area contributed by atoms with Gasteiger partial charge < -0.3 is 10.6 Å². The van der Waals surface area contributed by atoms with Gasteiger partial charge in [0.2, 0.25) is 0 Å². The third-order valence-electron chi connectivity index (χ3n) is 4.74. The first-order valence-corrected chi connectivity index (χ1v) is 8.99. The maximum Gasteiger partial charge on any atom is 0.115 e. The van der Waals surface area contributed by atoms with Gasteiger partial charge in [-0.3, -0.25) is 4.99 Å². The summed E-state index contributed by atoms with van der Waals surface area (Å²) in [5.74, 6) is 0. The van der Waals surface area contributed by atoms with Crippen LogP contribution in [0.5, 0.6) is 0 Å². The van der Waals surface area contributed by atoms with E-state index in [4.69, 9.17) is 10.7 Å². The molecule has 0 saturated heterocycles. The van der Waals surface area contributed by atoms with E-state index in [0.29, 0.717) is 6.54 Å². The number of rotatable bonds is 3. The van der Waals surface area contributed by atoms with Crippen LogP contribution in [0.25, 0.3) is 0 Å².